The molecule has 6 heteroatoms. The summed E-state index contributed by atoms with van der Waals surface area (Å²) < 4.78 is 6.66. The van der Waals surface area contributed by atoms with Crippen LogP contribution in [0.15, 0.2) is 32.2 Å². The summed E-state index contributed by atoms with van der Waals surface area (Å²) in [4.78, 5) is 4.33. The van der Waals surface area contributed by atoms with Gasteiger partial charge in [-0.2, -0.15) is 0 Å². The Morgan fingerprint density at radius 3 is 2.79 bits per heavy atom. The van der Waals surface area contributed by atoms with Crippen LogP contribution in [0.4, 0.5) is 0 Å². The lowest BCUT2D eigenvalue weighted by Crippen LogP contribution is -1.93. The Hall–Kier alpha value is -0.880. The number of nitrogens with zero attached hydrogens (tertiary/aromatic N) is 3. The fourth-order valence-electron chi connectivity index (χ4n) is 1.54. The molecule has 0 aliphatic heterocycles. The molecule has 0 radical (unpaired) electrons. The maximum absolute atomic E-state index is 5.68. The lowest BCUT2D eigenvalue weighted by Gasteiger charge is -2.07. The maximum Gasteiger partial charge on any atom is 0.229 e. The van der Waals surface area contributed by atoms with Crippen LogP contribution in [-0.4, -0.2) is 15.2 Å². The van der Waals surface area contributed by atoms with Crippen molar-refractivity contribution in [2.45, 2.75) is 37.5 Å². The predicted molar refractivity (Wildman–Crippen MR) is 79.0 cm³/mol. The summed E-state index contributed by atoms with van der Waals surface area (Å²) in [6, 6.07) is 3.87. The average molecular weight is 342 g/mol. The second kappa shape index (κ2) is 6.52. The van der Waals surface area contributed by atoms with E-state index in [2.05, 4.69) is 45.0 Å². The fraction of sp³-hybridized carbons (Fsp3) is 0.462. The third-order valence-electron chi connectivity index (χ3n) is 2.43. The molecular weight excluding hydrogens is 326 g/mol. The van der Waals surface area contributed by atoms with Crippen molar-refractivity contribution in [3.05, 3.63) is 34.6 Å². The molecule has 0 spiro atoms. The highest BCUT2D eigenvalue weighted by Gasteiger charge is 2.17. The number of aromatic nitrogens is 3. The Morgan fingerprint density at radius 1 is 1.32 bits per heavy atom. The Labute approximate surface area is 125 Å². The SMILES string of the molecule is CC(C)Cc1nnc([C@@H](C)Sc2ncccc2Br)o1. The Bertz CT molecular complexity index is 544. The summed E-state index contributed by atoms with van der Waals surface area (Å²) in [5, 5.41) is 9.21. The van der Waals surface area contributed by atoms with Gasteiger partial charge in [-0.3, -0.25) is 0 Å². The van der Waals surface area contributed by atoms with Crippen molar-refractivity contribution in [2.24, 2.45) is 5.92 Å². The average Bonchev–Trinajstić information content (AvgIpc) is 2.79. The number of thioether (sulfide) groups is 1. The van der Waals surface area contributed by atoms with Gasteiger partial charge in [0.2, 0.25) is 11.8 Å². The van der Waals surface area contributed by atoms with Crippen LogP contribution in [0.1, 0.15) is 37.8 Å². The van der Waals surface area contributed by atoms with Crippen LogP contribution in [0.3, 0.4) is 0 Å². The summed E-state index contributed by atoms with van der Waals surface area (Å²) in [6.07, 6.45) is 2.59. The van der Waals surface area contributed by atoms with Crippen LogP contribution in [0.2, 0.25) is 0 Å². The molecular formula is C13H16BrN3OS. The molecule has 4 nitrogen and oxygen atoms in total. The molecule has 0 fully saturated rings. The second-order valence-electron chi connectivity index (χ2n) is 4.68. The molecule has 0 unspecified atom stereocenters. The second-order valence-corrected chi connectivity index (χ2v) is 6.87. The van der Waals surface area contributed by atoms with Gasteiger partial charge in [0.1, 0.15) is 5.03 Å². The van der Waals surface area contributed by atoms with E-state index in [1.807, 2.05) is 19.1 Å². The first kappa shape index (κ1) is 14.5. The van der Waals surface area contributed by atoms with Gasteiger partial charge in [-0.05, 0) is 40.9 Å². The van der Waals surface area contributed by atoms with Crippen LogP contribution in [-0.2, 0) is 6.42 Å². The summed E-state index contributed by atoms with van der Waals surface area (Å²) in [6.45, 7) is 6.30. The molecule has 0 saturated heterocycles. The van der Waals surface area contributed by atoms with Crippen LogP contribution >= 0.6 is 27.7 Å². The van der Waals surface area contributed by atoms with Gasteiger partial charge in [0.05, 0.1) is 5.25 Å². The third-order valence-corrected chi connectivity index (χ3v) is 4.43. The highest BCUT2D eigenvalue weighted by Crippen LogP contribution is 2.36. The van der Waals surface area contributed by atoms with Crippen molar-refractivity contribution >= 4 is 27.7 Å². The molecule has 0 bridgehead atoms. The molecule has 0 aromatic carbocycles. The minimum absolute atomic E-state index is 0.0830. The van der Waals surface area contributed by atoms with Gasteiger partial charge in [0.25, 0.3) is 0 Å². The van der Waals surface area contributed by atoms with E-state index in [1.165, 1.54) is 0 Å². The summed E-state index contributed by atoms with van der Waals surface area (Å²) in [7, 11) is 0. The van der Waals surface area contributed by atoms with E-state index in [9.17, 15) is 0 Å². The Kier molecular flexibility index (Phi) is 4.99. The molecule has 19 heavy (non-hydrogen) atoms. The first-order chi connectivity index (χ1) is 9.06. The predicted octanol–water partition coefficient (Wildman–Crippen LogP) is 4.28. The van der Waals surface area contributed by atoms with Crippen molar-refractivity contribution in [1.29, 1.82) is 0 Å². The standard InChI is InChI=1S/C13H16BrN3OS/c1-8(2)7-11-16-17-12(18-11)9(3)19-13-10(14)5-4-6-15-13/h4-6,8-9H,7H2,1-3H3/t9-/m1/s1. The van der Waals surface area contributed by atoms with Gasteiger partial charge in [0.15, 0.2) is 0 Å². The molecule has 2 aromatic heterocycles. The van der Waals surface area contributed by atoms with Crippen molar-refractivity contribution < 1.29 is 4.42 Å². The normalized spacial score (nSPS) is 12.9. The van der Waals surface area contributed by atoms with E-state index in [0.717, 1.165) is 15.9 Å². The van der Waals surface area contributed by atoms with Crippen molar-refractivity contribution in [1.82, 2.24) is 15.2 Å². The summed E-state index contributed by atoms with van der Waals surface area (Å²) in [5.41, 5.74) is 0. The van der Waals surface area contributed by atoms with Crippen LogP contribution < -0.4 is 0 Å². The summed E-state index contributed by atoms with van der Waals surface area (Å²) in [5.74, 6) is 1.87. The summed E-state index contributed by atoms with van der Waals surface area (Å²) >= 11 is 5.09. The van der Waals surface area contributed by atoms with Gasteiger partial charge in [0, 0.05) is 17.1 Å². The molecule has 0 aliphatic carbocycles. The van der Waals surface area contributed by atoms with E-state index < -0.39 is 0 Å². The lowest BCUT2D eigenvalue weighted by atomic mass is 10.1. The minimum Gasteiger partial charge on any atom is -0.424 e. The van der Waals surface area contributed by atoms with E-state index in [0.29, 0.717) is 17.7 Å². The van der Waals surface area contributed by atoms with Gasteiger partial charge < -0.3 is 4.42 Å². The van der Waals surface area contributed by atoms with Gasteiger partial charge in [-0.15, -0.1) is 10.2 Å². The Morgan fingerprint density at radius 2 is 2.11 bits per heavy atom. The third kappa shape index (κ3) is 4.04. The van der Waals surface area contributed by atoms with Gasteiger partial charge >= 0.3 is 0 Å². The van der Waals surface area contributed by atoms with E-state index >= 15 is 0 Å². The van der Waals surface area contributed by atoms with E-state index in [1.54, 1.807) is 18.0 Å². The zero-order valence-electron chi connectivity index (χ0n) is 11.1. The van der Waals surface area contributed by atoms with E-state index in [4.69, 9.17) is 4.42 Å². The molecule has 2 heterocycles. The molecule has 102 valence electrons. The largest absolute Gasteiger partial charge is 0.424 e. The molecule has 0 N–H and O–H groups in total. The Balaban J connectivity index is 2.06. The van der Waals surface area contributed by atoms with Crippen LogP contribution in [0.25, 0.3) is 0 Å². The first-order valence-electron chi connectivity index (χ1n) is 6.15. The van der Waals surface area contributed by atoms with Crippen molar-refractivity contribution in [3.63, 3.8) is 0 Å². The quantitative estimate of drug-likeness (QED) is 0.759. The van der Waals surface area contributed by atoms with Gasteiger partial charge in [-0.1, -0.05) is 25.6 Å². The van der Waals surface area contributed by atoms with Crippen molar-refractivity contribution in [3.8, 4) is 0 Å². The molecule has 0 saturated carbocycles. The highest BCUT2D eigenvalue weighted by molar-refractivity contribution is 9.10. The van der Waals surface area contributed by atoms with Gasteiger partial charge in [-0.25, -0.2) is 4.98 Å². The lowest BCUT2D eigenvalue weighted by molar-refractivity contribution is 0.426. The minimum atomic E-state index is 0.0830. The topological polar surface area (TPSA) is 51.8 Å². The molecule has 0 amide bonds. The van der Waals surface area contributed by atoms with E-state index in [-0.39, 0.29) is 5.25 Å². The number of rotatable bonds is 5. The number of pyridine rings is 1. The molecule has 1 atom stereocenters. The molecule has 2 rings (SSSR count). The first-order valence-corrected chi connectivity index (χ1v) is 7.83. The molecule has 2 aromatic rings. The van der Waals surface area contributed by atoms with Crippen molar-refractivity contribution in [2.75, 3.05) is 0 Å². The zero-order chi connectivity index (χ0) is 13.8. The monoisotopic (exact) mass is 341 g/mol. The number of halogens is 1. The highest BCUT2D eigenvalue weighted by atomic mass is 79.9. The number of hydrogen-bond acceptors (Lipinski definition) is 5. The zero-order valence-corrected chi connectivity index (χ0v) is 13.5. The van der Waals surface area contributed by atoms with Crippen LogP contribution in [0.5, 0.6) is 0 Å². The smallest absolute Gasteiger partial charge is 0.229 e. The van der Waals surface area contributed by atoms with Crippen LogP contribution in [0, 0.1) is 5.92 Å². The molecule has 0 aliphatic rings. The maximum atomic E-state index is 5.68. The number of hydrogen-bond donors (Lipinski definition) is 0. The fourth-order valence-corrected chi connectivity index (χ4v) is 2.91.